The van der Waals surface area contributed by atoms with E-state index in [0.29, 0.717) is 24.2 Å². The Kier molecular flexibility index (Phi) is 13.4. The molecule has 0 aliphatic rings. The van der Waals surface area contributed by atoms with E-state index in [-0.39, 0.29) is 17.9 Å². The lowest BCUT2D eigenvalue weighted by molar-refractivity contribution is -0.149. The molecule has 0 aromatic heterocycles. The summed E-state index contributed by atoms with van der Waals surface area (Å²) in [6.45, 7) is 2.21. The molecule has 0 saturated carbocycles. The number of hydrogen-bond donors (Lipinski definition) is 4. The number of phenols is 1. The van der Waals surface area contributed by atoms with Crippen molar-refractivity contribution in [2.75, 3.05) is 5.48 Å². The number of carbonyl (C=O) groups excluding carboxylic acids is 1. The Labute approximate surface area is 222 Å². The number of hydrogen-bond acceptors (Lipinski definition) is 7. The second-order valence-corrected chi connectivity index (χ2v) is 10.1. The van der Waals surface area contributed by atoms with Gasteiger partial charge in [0, 0.05) is 16.2 Å². The van der Waals surface area contributed by atoms with E-state index in [2.05, 4.69) is 35.4 Å². The predicted molar refractivity (Wildman–Crippen MR) is 143 cm³/mol. The van der Waals surface area contributed by atoms with Gasteiger partial charge in [-0.05, 0) is 61.4 Å². The highest BCUT2D eigenvalue weighted by Gasteiger charge is 2.15. The van der Waals surface area contributed by atoms with Crippen LogP contribution >= 0.6 is 11.8 Å². The molecule has 0 atom stereocenters. The molecule has 2 rings (SSSR count). The van der Waals surface area contributed by atoms with E-state index in [0.717, 1.165) is 35.3 Å². The SMILES string of the molecule is CCCCCCCCCc1ccc(CCCCC(=O)C(=O)O)cc1Sc1cccc(O)c1NOC(=O)O. The summed E-state index contributed by atoms with van der Waals surface area (Å²) in [5.41, 5.74) is 4.72. The zero-order valence-electron chi connectivity index (χ0n) is 21.3. The summed E-state index contributed by atoms with van der Waals surface area (Å²) in [5, 5.41) is 27.9. The number of carbonyl (C=O) groups is 3. The summed E-state index contributed by atoms with van der Waals surface area (Å²) < 4.78 is 0. The summed E-state index contributed by atoms with van der Waals surface area (Å²) in [5.74, 6) is -2.29. The summed E-state index contributed by atoms with van der Waals surface area (Å²) in [4.78, 5) is 39.0. The van der Waals surface area contributed by atoms with Crippen molar-refractivity contribution < 1.29 is 34.5 Å². The molecule has 8 nitrogen and oxygen atoms in total. The number of benzene rings is 2. The zero-order chi connectivity index (χ0) is 27.0. The third kappa shape index (κ3) is 11.2. The Morgan fingerprint density at radius 3 is 2.27 bits per heavy atom. The molecule has 202 valence electrons. The van der Waals surface area contributed by atoms with Crippen molar-refractivity contribution in [3.05, 3.63) is 47.5 Å². The fourth-order valence-corrected chi connectivity index (χ4v) is 5.11. The lowest BCUT2D eigenvalue weighted by Crippen LogP contribution is -2.11. The van der Waals surface area contributed by atoms with Gasteiger partial charge in [-0.1, -0.05) is 75.4 Å². The number of ketones is 1. The molecule has 0 radical (unpaired) electrons. The maximum Gasteiger partial charge on any atom is 0.530 e. The number of carboxylic acid groups (broad SMARTS) is 2. The van der Waals surface area contributed by atoms with Crippen LogP contribution < -0.4 is 5.48 Å². The third-order valence-corrected chi connectivity index (χ3v) is 7.16. The van der Waals surface area contributed by atoms with Crippen LogP contribution in [-0.4, -0.2) is 33.2 Å². The largest absolute Gasteiger partial charge is 0.530 e. The van der Waals surface area contributed by atoms with E-state index in [1.165, 1.54) is 49.9 Å². The fraction of sp³-hybridized carbons (Fsp3) is 0.464. The molecule has 2 aromatic rings. The van der Waals surface area contributed by atoms with E-state index >= 15 is 0 Å². The first-order valence-electron chi connectivity index (χ1n) is 12.8. The first-order chi connectivity index (χ1) is 17.8. The molecule has 0 unspecified atom stereocenters. The Morgan fingerprint density at radius 2 is 1.57 bits per heavy atom. The molecule has 0 aliphatic carbocycles. The number of rotatable bonds is 18. The van der Waals surface area contributed by atoms with E-state index < -0.39 is 17.9 Å². The summed E-state index contributed by atoms with van der Waals surface area (Å²) >= 11 is 1.42. The van der Waals surface area contributed by atoms with Crippen molar-refractivity contribution in [2.45, 2.75) is 93.8 Å². The molecule has 0 fully saturated rings. The van der Waals surface area contributed by atoms with Crippen molar-refractivity contribution in [3.63, 3.8) is 0 Å². The van der Waals surface area contributed by atoms with Crippen molar-refractivity contribution in [3.8, 4) is 5.75 Å². The summed E-state index contributed by atoms with van der Waals surface area (Å²) in [6, 6.07) is 11.1. The van der Waals surface area contributed by atoms with Crippen LogP contribution in [-0.2, 0) is 27.3 Å². The molecule has 4 N–H and O–H groups in total. The van der Waals surface area contributed by atoms with Crippen LogP contribution in [0.5, 0.6) is 5.75 Å². The van der Waals surface area contributed by atoms with Crippen molar-refractivity contribution in [2.24, 2.45) is 0 Å². The van der Waals surface area contributed by atoms with Gasteiger partial charge in [-0.2, -0.15) is 0 Å². The number of anilines is 1. The first kappa shape index (κ1) is 30.0. The second kappa shape index (κ2) is 16.5. The zero-order valence-corrected chi connectivity index (χ0v) is 22.1. The lowest BCUT2D eigenvalue weighted by Gasteiger charge is -2.15. The molecular weight excluding hydrogens is 494 g/mol. The van der Waals surface area contributed by atoms with Crippen LogP contribution in [0.2, 0.25) is 0 Å². The number of aromatic hydroxyl groups is 1. The molecule has 0 spiro atoms. The highest BCUT2D eigenvalue weighted by atomic mass is 32.2. The summed E-state index contributed by atoms with van der Waals surface area (Å²) in [6.07, 6.45) is 9.75. The predicted octanol–water partition coefficient (Wildman–Crippen LogP) is 7.22. The van der Waals surface area contributed by atoms with Gasteiger partial charge in [0.25, 0.3) is 0 Å². The molecule has 9 heteroatoms. The van der Waals surface area contributed by atoms with Gasteiger partial charge in [-0.25, -0.2) is 15.1 Å². The third-order valence-electron chi connectivity index (χ3n) is 6.00. The van der Waals surface area contributed by atoms with Gasteiger partial charge in [-0.15, -0.1) is 0 Å². The molecule has 0 heterocycles. The van der Waals surface area contributed by atoms with E-state index in [1.807, 2.05) is 0 Å². The average Bonchev–Trinajstić information content (AvgIpc) is 2.86. The van der Waals surface area contributed by atoms with Crippen LogP contribution in [0.15, 0.2) is 46.2 Å². The topological polar surface area (TPSA) is 133 Å². The molecule has 2 aromatic carbocycles. The van der Waals surface area contributed by atoms with E-state index in [1.54, 1.807) is 12.1 Å². The van der Waals surface area contributed by atoms with Crippen LogP contribution in [0.4, 0.5) is 10.5 Å². The summed E-state index contributed by atoms with van der Waals surface area (Å²) in [7, 11) is 0. The smallest absolute Gasteiger partial charge is 0.506 e. The van der Waals surface area contributed by atoms with Crippen LogP contribution in [0.1, 0.15) is 82.3 Å². The minimum atomic E-state index is -1.51. The number of aliphatic carboxylic acids is 1. The molecule has 0 amide bonds. The average molecular weight is 532 g/mol. The van der Waals surface area contributed by atoms with Crippen molar-refractivity contribution in [1.82, 2.24) is 0 Å². The molecule has 0 aliphatic heterocycles. The van der Waals surface area contributed by atoms with Gasteiger partial charge < -0.3 is 20.2 Å². The van der Waals surface area contributed by atoms with Gasteiger partial charge in [0.1, 0.15) is 11.4 Å². The molecule has 37 heavy (non-hydrogen) atoms. The molecule has 0 saturated heterocycles. The Bertz CT molecular complexity index is 1040. The number of nitrogens with one attached hydrogen (secondary N) is 1. The maximum absolute atomic E-state index is 11.3. The maximum atomic E-state index is 11.3. The van der Waals surface area contributed by atoms with Gasteiger partial charge in [0.05, 0.1) is 0 Å². The second-order valence-electron chi connectivity index (χ2n) is 8.97. The minimum absolute atomic E-state index is 0.0230. The fourth-order valence-electron chi connectivity index (χ4n) is 3.97. The number of phenolic OH excluding ortho intramolecular Hbond substituents is 1. The number of carboxylic acids is 1. The lowest BCUT2D eigenvalue weighted by atomic mass is 10.0. The van der Waals surface area contributed by atoms with Gasteiger partial charge >= 0.3 is 12.1 Å². The quantitative estimate of drug-likeness (QED) is 0.0680. The van der Waals surface area contributed by atoms with Crippen LogP contribution in [0.25, 0.3) is 0 Å². The normalized spacial score (nSPS) is 10.7. The van der Waals surface area contributed by atoms with Gasteiger partial charge in [-0.3, -0.25) is 4.79 Å². The van der Waals surface area contributed by atoms with Crippen molar-refractivity contribution in [1.29, 1.82) is 0 Å². The van der Waals surface area contributed by atoms with Gasteiger partial charge in [0.2, 0.25) is 5.78 Å². The first-order valence-corrected chi connectivity index (χ1v) is 13.7. The Morgan fingerprint density at radius 1 is 0.865 bits per heavy atom. The number of para-hydroxylation sites is 1. The standard InChI is InChI=1S/C28H37NO7S/c1-2-3-4-5-6-7-8-13-21-18-17-20(12-9-10-14-23(31)27(32)33)19-25(21)37-24-16-11-15-22(30)26(24)29-36-28(34)35/h11,15-19,29-30H,2-10,12-14H2,1H3,(H,32,33)(H,34,35). The monoisotopic (exact) mass is 531 g/mol. The number of Topliss-reactive ketones (excluding diaryl/α,β-unsaturated/α-hetero) is 1. The molecular formula is C28H37NO7S. The van der Waals surface area contributed by atoms with Crippen LogP contribution in [0.3, 0.4) is 0 Å². The Balaban J connectivity index is 2.14. The van der Waals surface area contributed by atoms with Crippen LogP contribution in [0, 0.1) is 0 Å². The molecule has 0 bridgehead atoms. The van der Waals surface area contributed by atoms with Gasteiger partial charge in [0.15, 0.2) is 0 Å². The minimum Gasteiger partial charge on any atom is -0.506 e. The Hall–Kier alpha value is -3.20. The number of unbranched alkanes of at least 4 members (excludes halogenated alkanes) is 7. The van der Waals surface area contributed by atoms with E-state index in [9.17, 15) is 19.5 Å². The van der Waals surface area contributed by atoms with Crippen molar-refractivity contribution >= 4 is 35.4 Å². The number of aryl methyl sites for hydroxylation is 2. The highest BCUT2D eigenvalue weighted by molar-refractivity contribution is 7.99. The van der Waals surface area contributed by atoms with E-state index in [4.69, 9.17) is 10.2 Å². The highest BCUT2D eigenvalue weighted by Crippen LogP contribution is 2.40.